The lowest BCUT2D eigenvalue weighted by Crippen LogP contribution is -2.60. The number of hydrogen-bond acceptors (Lipinski definition) is 5. The third-order valence-corrected chi connectivity index (χ3v) is 7.13. The maximum absolute atomic E-state index is 12.2. The van der Waals surface area contributed by atoms with Gasteiger partial charge >= 0.3 is 0 Å². The summed E-state index contributed by atoms with van der Waals surface area (Å²) in [6.07, 6.45) is 0.421. The van der Waals surface area contributed by atoms with Crippen molar-refractivity contribution in [3.05, 3.63) is 17.0 Å². The summed E-state index contributed by atoms with van der Waals surface area (Å²) in [4.78, 5) is 16.2. The Hall–Kier alpha value is -1.41. The molecule has 1 aromatic rings. The Labute approximate surface area is 143 Å². The first kappa shape index (κ1) is 17.4. The summed E-state index contributed by atoms with van der Waals surface area (Å²) in [6, 6.07) is -0.327. The summed E-state index contributed by atoms with van der Waals surface area (Å²) >= 11 is 0. The summed E-state index contributed by atoms with van der Waals surface area (Å²) in [5, 5.41) is 4.45. The zero-order valence-corrected chi connectivity index (χ0v) is 15.6. The molecule has 2 aliphatic heterocycles. The van der Waals surface area contributed by atoms with Gasteiger partial charge in [0.2, 0.25) is 5.91 Å². The topological polar surface area (TPSA) is 75.5 Å². The summed E-state index contributed by atoms with van der Waals surface area (Å²) in [5.41, 5.74) is 3.26. The highest BCUT2D eigenvalue weighted by Gasteiger charge is 2.47. The number of rotatable bonds is 3. The molecule has 0 radical (unpaired) electrons. The summed E-state index contributed by atoms with van der Waals surface area (Å²) in [6.45, 7) is 7.85. The molecule has 2 atom stereocenters. The molecule has 0 saturated carbocycles. The van der Waals surface area contributed by atoms with Crippen LogP contribution in [0.25, 0.3) is 0 Å². The average molecular weight is 354 g/mol. The SMILES string of the molecule is CCC(=O)N1CCN(Cc2c(C)nn(C)c2C)[C@H]2CS(=O)(=O)C[C@H]21. The van der Waals surface area contributed by atoms with E-state index in [1.54, 1.807) is 4.90 Å². The van der Waals surface area contributed by atoms with Crippen molar-refractivity contribution in [1.29, 1.82) is 0 Å². The molecule has 24 heavy (non-hydrogen) atoms. The van der Waals surface area contributed by atoms with Gasteiger partial charge in [0.25, 0.3) is 0 Å². The summed E-state index contributed by atoms with van der Waals surface area (Å²) in [7, 11) is -1.18. The van der Waals surface area contributed by atoms with Gasteiger partial charge in [0.1, 0.15) is 0 Å². The second kappa shape index (κ2) is 6.15. The minimum atomic E-state index is -3.10. The zero-order valence-electron chi connectivity index (χ0n) is 14.8. The fourth-order valence-corrected chi connectivity index (χ4v) is 6.00. The van der Waals surface area contributed by atoms with E-state index in [2.05, 4.69) is 10.00 Å². The molecule has 8 heteroatoms. The number of amides is 1. The Kier molecular flexibility index (Phi) is 4.46. The van der Waals surface area contributed by atoms with Crippen LogP contribution in [0.5, 0.6) is 0 Å². The molecule has 3 rings (SSSR count). The quantitative estimate of drug-likeness (QED) is 0.778. The summed E-state index contributed by atoms with van der Waals surface area (Å²) < 4.78 is 26.3. The van der Waals surface area contributed by atoms with Crippen molar-refractivity contribution in [2.24, 2.45) is 7.05 Å². The van der Waals surface area contributed by atoms with Gasteiger partial charge in [0.05, 0.1) is 23.2 Å². The molecule has 0 aliphatic carbocycles. The van der Waals surface area contributed by atoms with Crippen LogP contribution >= 0.6 is 0 Å². The molecule has 0 N–H and O–H groups in total. The molecule has 1 amide bonds. The smallest absolute Gasteiger partial charge is 0.222 e. The molecule has 2 aliphatic rings. The molecule has 134 valence electrons. The lowest BCUT2D eigenvalue weighted by Gasteiger charge is -2.44. The first-order valence-corrected chi connectivity index (χ1v) is 10.3. The Balaban J connectivity index is 1.87. The largest absolute Gasteiger partial charge is 0.336 e. The first-order valence-electron chi connectivity index (χ1n) is 8.46. The van der Waals surface area contributed by atoms with E-state index in [4.69, 9.17) is 0 Å². The van der Waals surface area contributed by atoms with E-state index in [1.807, 2.05) is 32.5 Å². The monoisotopic (exact) mass is 354 g/mol. The molecule has 1 aromatic heterocycles. The minimum Gasteiger partial charge on any atom is -0.336 e. The van der Waals surface area contributed by atoms with Gasteiger partial charge in [0, 0.05) is 50.4 Å². The standard InChI is InChI=1S/C16H26N4O3S/c1-5-16(21)20-7-6-19(14-9-24(22,23)10-15(14)20)8-13-11(2)17-18(4)12(13)3/h14-15H,5-10H2,1-4H3/t14-,15+/m0/s1. The molecular formula is C16H26N4O3S. The first-order chi connectivity index (χ1) is 11.2. The number of sulfone groups is 1. The van der Waals surface area contributed by atoms with E-state index >= 15 is 0 Å². The fourth-order valence-electron chi connectivity index (χ4n) is 3.98. The number of piperazine rings is 1. The third kappa shape index (κ3) is 2.97. The van der Waals surface area contributed by atoms with E-state index in [0.717, 1.165) is 17.0 Å². The molecule has 0 bridgehead atoms. The number of aryl methyl sites for hydroxylation is 2. The third-order valence-electron chi connectivity index (χ3n) is 5.43. The van der Waals surface area contributed by atoms with Crippen LogP contribution in [-0.4, -0.2) is 70.6 Å². The predicted octanol–water partition coefficient (Wildman–Crippen LogP) is 0.257. The molecule has 0 unspecified atom stereocenters. The van der Waals surface area contributed by atoms with Crippen molar-refractivity contribution < 1.29 is 13.2 Å². The predicted molar refractivity (Wildman–Crippen MR) is 91.3 cm³/mol. The molecule has 2 saturated heterocycles. The second-order valence-corrected chi connectivity index (χ2v) is 9.05. The van der Waals surface area contributed by atoms with E-state index in [0.29, 0.717) is 26.1 Å². The Morgan fingerprint density at radius 1 is 1.21 bits per heavy atom. The molecule has 3 heterocycles. The van der Waals surface area contributed by atoms with Crippen molar-refractivity contribution in [3.63, 3.8) is 0 Å². The van der Waals surface area contributed by atoms with E-state index in [9.17, 15) is 13.2 Å². The van der Waals surface area contributed by atoms with Crippen LogP contribution < -0.4 is 0 Å². The average Bonchev–Trinajstić information content (AvgIpc) is 2.96. The maximum atomic E-state index is 12.2. The van der Waals surface area contributed by atoms with Crippen molar-refractivity contribution in [2.75, 3.05) is 24.6 Å². The van der Waals surface area contributed by atoms with Gasteiger partial charge in [-0.05, 0) is 13.8 Å². The van der Waals surface area contributed by atoms with Gasteiger partial charge in [-0.1, -0.05) is 6.92 Å². The lowest BCUT2D eigenvalue weighted by atomic mass is 10.0. The Morgan fingerprint density at radius 3 is 2.46 bits per heavy atom. The highest BCUT2D eigenvalue weighted by molar-refractivity contribution is 7.91. The van der Waals surface area contributed by atoms with Gasteiger partial charge in [-0.25, -0.2) is 8.42 Å². The van der Waals surface area contributed by atoms with Gasteiger partial charge < -0.3 is 4.90 Å². The van der Waals surface area contributed by atoms with Crippen LogP contribution in [0.4, 0.5) is 0 Å². The number of aromatic nitrogens is 2. The van der Waals surface area contributed by atoms with Crippen molar-refractivity contribution in [2.45, 2.75) is 45.8 Å². The van der Waals surface area contributed by atoms with Crippen molar-refractivity contribution >= 4 is 15.7 Å². The Morgan fingerprint density at radius 2 is 1.88 bits per heavy atom. The number of fused-ring (bicyclic) bond motifs is 1. The number of hydrogen-bond donors (Lipinski definition) is 0. The van der Waals surface area contributed by atoms with Crippen LogP contribution in [0.15, 0.2) is 0 Å². The molecule has 0 aromatic carbocycles. The number of carbonyl (C=O) groups is 1. The highest BCUT2D eigenvalue weighted by Crippen LogP contribution is 2.29. The van der Waals surface area contributed by atoms with E-state index in [-0.39, 0.29) is 29.5 Å². The zero-order chi connectivity index (χ0) is 17.6. The normalized spacial score (nSPS) is 26.6. The second-order valence-electron chi connectivity index (χ2n) is 6.90. The van der Waals surface area contributed by atoms with Crippen molar-refractivity contribution in [1.82, 2.24) is 19.6 Å². The van der Waals surface area contributed by atoms with Crippen LogP contribution in [0.2, 0.25) is 0 Å². The van der Waals surface area contributed by atoms with Gasteiger partial charge in [-0.3, -0.25) is 14.4 Å². The molecule has 7 nitrogen and oxygen atoms in total. The van der Waals surface area contributed by atoms with Crippen LogP contribution in [0.3, 0.4) is 0 Å². The number of carbonyl (C=O) groups excluding carboxylic acids is 1. The van der Waals surface area contributed by atoms with Crippen LogP contribution in [0, 0.1) is 13.8 Å². The molecule has 2 fully saturated rings. The van der Waals surface area contributed by atoms with E-state index < -0.39 is 9.84 Å². The molecule has 0 spiro atoms. The van der Waals surface area contributed by atoms with Gasteiger partial charge in [-0.2, -0.15) is 5.10 Å². The van der Waals surface area contributed by atoms with Crippen LogP contribution in [0.1, 0.15) is 30.3 Å². The highest BCUT2D eigenvalue weighted by atomic mass is 32.2. The molecular weight excluding hydrogens is 328 g/mol. The maximum Gasteiger partial charge on any atom is 0.222 e. The Bertz CT molecular complexity index is 756. The summed E-state index contributed by atoms with van der Waals surface area (Å²) in [5.74, 6) is 0.282. The van der Waals surface area contributed by atoms with Crippen LogP contribution in [-0.2, 0) is 28.2 Å². The number of nitrogens with zero attached hydrogens (tertiary/aromatic N) is 4. The van der Waals surface area contributed by atoms with Crippen molar-refractivity contribution in [3.8, 4) is 0 Å². The van der Waals surface area contributed by atoms with E-state index in [1.165, 1.54) is 0 Å². The minimum absolute atomic E-state index is 0.0514. The lowest BCUT2D eigenvalue weighted by molar-refractivity contribution is -0.136. The fraction of sp³-hybridized carbons (Fsp3) is 0.750. The van der Waals surface area contributed by atoms with Gasteiger partial charge in [-0.15, -0.1) is 0 Å². The van der Waals surface area contributed by atoms with Gasteiger partial charge in [0.15, 0.2) is 9.84 Å².